The van der Waals surface area contributed by atoms with E-state index in [0.29, 0.717) is 31.6 Å². The average Bonchev–Trinajstić information content (AvgIpc) is 3.24. The minimum Gasteiger partial charge on any atom is -0.479 e. The van der Waals surface area contributed by atoms with Gasteiger partial charge in [-0.2, -0.15) is 13.2 Å². The van der Waals surface area contributed by atoms with Gasteiger partial charge >= 0.3 is 12.1 Å². The van der Waals surface area contributed by atoms with E-state index in [2.05, 4.69) is 35.9 Å². The first-order chi connectivity index (χ1) is 14.6. The first-order valence-corrected chi connectivity index (χ1v) is 9.90. The highest BCUT2D eigenvalue weighted by atomic mass is 79.9. The summed E-state index contributed by atoms with van der Waals surface area (Å²) in [6.07, 6.45) is -4.91. The van der Waals surface area contributed by atoms with Crippen LogP contribution in [0.3, 0.4) is 0 Å². The molecule has 0 spiro atoms. The van der Waals surface area contributed by atoms with Crippen LogP contribution < -0.4 is 6.15 Å². The molecule has 0 unspecified atom stereocenters. The summed E-state index contributed by atoms with van der Waals surface area (Å²) < 4.78 is 42.5. The SMILES string of the molecule is N.O=C(O)CON=C(c1c(-c2cc3cc(Cl)ccc3[nH]2)[nH]c2cc(Br)ccc12)C(F)(F)F. The van der Waals surface area contributed by atoms with E-state index in [1.54, 1.807) is 36.4 Å². The Balaban J connectivity index is 0.00000289. The number of aromatic nitrogens is 2. The van der Waals surface area contributed by atoms with E-state index in [1.807, 2.05) is 0 Å². The van der Waals surface area contributed by atoms with E-state index >= 15 is 0 Å². The van der Waals surface area contributed by atoms with Crippen LogP contribution in [-0.2, 0) is 9.63 Å². The van der Waals surface area contributed by atoms with Gasteiger partial charge in [0.2, 0.25) is 6.61 Å². The highest BCUT2D eigenvalue weighted by molar-refractivity contribution is 9.10. The highest BCUT2D eigenvalue weighted by Crippen LogP contribution is 2.37. The van der Waals surface area contributed by atoms with Gasteiger partial charge in [-0.15, -0.1) is 0 Å². The Hall–Kier alpha value is -3.02. The molecule has 0 atom stereocenters. The van der Waals surface area contributed by atoms with Crippen molar-refractivity contribution in [2.45, 2.75) is 6.18 Å². The zero-order chi connectivity index (χ0) is 22.3. The van der Waals surface area contributed by atoms with Crippen LogP contribution in [0.2, 0.25) is 5.02 Å². The number of alkyl halides is 3. The summed E-state index contributed by atoms with van der Waals surface area (Å²) in [6, 6.07) is 11.5. The molecule has 0 aliphatic carbocycles. The van der Waals surface area contributed by atoms with Crippen molar-refractivity contribution in [3.63, 3.8) is 0 Å². The second kappa shape index (κ2) is 8.85. The molecule has 0 saturated heterocycles. The number of hydrogen-bond donors (Lipinski definition) is 4. The number of rotatable bonds is 5. The van der Waals surface area contributed by atoms with Crippen molar-refractivity contribution in [3.05, 3.63) is 57.5 Å². The van der Waals surface area contributed by atoms with E-state index in [4.69, 9.17) is 16.7 Å². The predicted octanol–water partition coefficient (Wildman–Crippen LogP) is 6.26. The van der Waals surface area contributed by atoms with E-state index < -0.39 is 24.5 Å². The van der Waals surface area contributed by atoms with Gasteiger partial charge in [0.25, 0.3) is 0 Å². The average molecular weight is 532 g/mol. The third-order valence-corrected chi connectivity index (χ3v) is 5.19. The smallest absolute Gasteiger partial charge is 0.437 e. The van der Waals surface area contributed by atoms with Crippen molar-refractivity contribution in [2.75, 3.05) is 6.61 Å². The van der Waals surface area contributed by atoms with Gasteiger partial charge in [-0.1, -0.05) is 38.8 Å². The number of aromatic amines is 2. The maximum Gasteiger partial charge on any atom is 0.437 e. The zero-order valence-electron chi connectivity index (χ0n) is 16.1. The summed E-state index contributed by atoms with van der Waals surface area (Å²) in [5, 5.41) is 13.3. The first-order valence-electron chi connectivity index (χ1n) is 8.72. The van der Waals surface area contributed by atoms with Gasteiger partial charge in [-0.05, 0) is 36.4 Å². The van der Waals surface area contributed by atoms with Crippen LogP contribution in [0.4, 0.5) is 13.2 Å². The molecule has 0 amide bonds. The number of halogens is 5. The number of nitrogens with zero attached hydrogens (tertiary/aromatic N) is 1. The zero-order valence-corrected chi connectivity index (χ0v) is 18.4. The summed E-state index contributed by atoms with van der Waals surface area (Å²) in [7, 11) is 0. The van der Waals surface area contributed by atoms with Gasteiger partial charge in [-0.25, -0.2) is 4.79 Å². The molecular weight excluding hydrogens is 517 g/mol. The fraction of sp³-hybridized carbons (Fsp3) is 0.100. The Morgan fingerprint density at radius 3 is 2.56 bits per heavy atom. The number of benzene rings is 2. The van der Waals surface area contributed by atoms with Crippen LogP contribution in [0.25, 0.3) is 33.2 Å². The number of carboxylic acid groups (broad SMARTS) is 1. The molecule has 12 heteroatoms. The Morgan fingerprint density at radius 2 is 1.88 bits per heavy atom. The second-order valence-electron chi connectivity index (χ2n) is 6.58. The van der Waals surface area contributed by atoms with Gasteiger partial charge in [0, 0.05) is 36.9 Å². The van der Waals surface area contributed by atoms with Crippen molar-refractivity contribution < 1.29 is 27.9 Å². The third kappa shape index (κ3) is 4.59. The molecule has 0 saturated carbocycles. The Kier molecular flexibility index (Phi) is 6.54. The number of hydrogen-bond acceptors (Lipinski definition) is 4. The highest BCUT2D eigenvalue weighted by Gasteiger charge is 2.41. The predicted molar refractivity (Wildman–Crippen MR) is 120 cm³/mol. The molecular formula is C20H15BrClF3N4O3. The van der Waals surface area contributed by atoms with Crippen LogP contribution in [0.1, 0.15) is 5.56 Å². The number of carboxylic acids is 1. The normalized spacial score (nSPS) is 12.2. The maximum absolute atomic E-state index is 14.0. The number of oxime groups is 1. The number of nitrogens with one attached hydrogen (secondary N) is 2. The topological polar surface area (TPSA) is 125 Å². The Bertz CT molecular complexity index is 1350. The van der Waals surface area contributed by atoms with Crippen LogP contribution >= 0.6 is 27.5 Å². The molecule has 2 aromatic carbocycles. The molecule has 2 aromatic heterocycles. The van der Waals surface area contributed by atoms with Crippen molar-refractivity contribution in [1.82, 2.24) is 16.1 Å². The van der Waals surface area contributed by atoms with Crippen molar-refractivity contribution in [3.8, 4) is 11.4 Å². The van der Waals surface area contributed by atoms with Gasteiger partial charge in [0.1, 0.15) is 0 Å². The molecule has 4 rings (SSSR count). The number of H-pyrrole nitrogens is 2. The maximum atomic E-state index is 14.0. The number of aliphatic carboxylic acids is 1. The molecule has 0 aliphatic heterocycles. The fourth-order valence-corrected chi connectivity index (χ4v) is 3.79. The minimum atomic E-state index is -4.91. The molecule has 6 N–H and O–H groups in total. The van der Waals surface area contributed by atoms with Crippen molar-refractivity contribution >= 4 is 61.0 Å². The lowest BCUT2D eigenvalue weighted by atomic mass is 10.0. The van der Waals surface area contributed by atoms with Crippen molar-refractivity contribution in [1.29, 1.82) is 0 Å². The van der Waals surface area contributed by atoms with Crippen LogP contribution in [0, 0.1) is 0 Å². The van der Waals surface area contributed by atoms with E-state index in [0.717, 1.165) is 0 Å². The van der Waals surface area contributed by atoms with Crippen molar-refractivity contribution in [2.24, 2.45) is 5.16 Å². The summed E-state index contributed by atoms with van der Waals surface area (Å²) >= 11 is 9.33. The molecule has 0 bridgehead atoms. The Labute approximate surface area is 191 Å². The summed E-state index contributed by atoms with van der Waals surface area (Å²) in [4.78, 5) is 21.2. The van der Waals surface area contributed by atoms with Crippen LogP contribution in [0.15, 0.2) is 52.1 Å². The number of carbonyl (C=O) groups is 1. The lowest BCUT2D eigenvalue weighted by Gasteiger charge is -2.11. The van der Waals surface area contributed by atoms with Gasteiger partial charge in [0.05, 0.1) is 11.4 Å². The van der Waals surface area contributed by atoms with Gasteiger partial charge in [0.15, 0.2) is 5.71 Å². The molecule has 0 fully saturated rings. The summed E-state index contributed by atoms with van der Waals surface area (Å²) in [5.41, 5.74) is -0.0266. The minimum absolute atomic E-state index is 0. The molecule has 2 heterocycles. The molecule has 32 heavy (non-hydrogen) atoms. The van der Waals surface area contributed by atoms with E-state index in [1.165, 1.54) is 6.07 Å². The fourth-order valence-electron chi connectivity index (χ4n) is 3.25. The molecule has 7 nitrogen and oxygen atoms in total. The monoisotopic (exact) mass is 530 g/mol. The van der Waals surface area contributed by atoms with Gasteiger partial charge in [-0.3, -0.25) is 0 Å². The van der Waals surface area contributed by atoms with Crippen LogP contribution in [0.5, 0.6) is 0 Å². The molecule has 168 valence electrons. The lowest BCUT2D eigenvalue weighted by Crippen LogP contribution is -2.25. The molecule has 4 aromatic rings. The van der Waals surface area contributed by atoms with Crippen LogP contribution in [-0.4, -0.2) is 39.5 Å². The summed E-state index contributed by atoms with van der Waals surface area (Å²) in [6.45, 7) is -1.01. The number of fused-ring (bicyclic) bond motifs is 2. The first kappa shape index (κ1) is 23.6. The quantitative estimate of drug-likeness (QED) is 0.179. The summed E-state index contributed by atoms with van der Waals surface area (Å²) in [5.74, 6) is -1.44. The molecule has 0 aliphatic rings. The lowest BCUT2D eigenvalue weighted by molar-refractivity contribution is -0.142. The van der Waals surface area contributed by atoms with E-state index in [9.17, 15) is 18.0 Å². The van der Waals surface area contributed by atoms with Gasteiger partial charge < -0.3 is 26.1 Å². The largest absolute Gasteiger partial charge is 0.479 e. The molecule has 0 radical (unpaired) electrons. The Morgan fingerprint density at radius 1 is 1.12 bits per heavy atom. The second-order valence-corrected chi connectivity index (χ2v) is 7.94. The third-order valence-electron chi connectivity index (χ3n) is 4.46. The van der Waals surface area contributed by atoms with E-state index in [-0.39, 0.29) is 22.8 Å². The standard InChI is InChI=1S/C20H12BrClF3N3O3.H3N/c21-10-1-3-12-14(7-10)27-18(15-6-9-5-11(22)2-4-13(9)26-15)17(12)19(20(23,24)25)28-31-8-16(29)30;/h1-7,26-27H,8H2,(H,29,30);1H3.